The Morgan fingerprint density at radius 2 is 1.74 bits per heavy atom. The summed E-state index contributed by atoms with van der Waals surface area (Å²) in [7, 11) is 0. The highest BCUT2D eigenvalue weighted by atomic mass is 35.5. The van der Waals surface area contributed by atoms with Crippen molar-refractivity contribution in [2.24, 2.45) is 0 Å². The van der Waals surface area contributed by atoms with Gasteiger partial charge in [0.25, 0.3) is 0 Å². The molecule has 0 aliphatic carbocycles. The van der Waals surface area contributed by atoms with Gasteiger partial charge in [0.15, 0.2) is 5.69 Å². The molecule has 5 nitrogen and oxygen atoms in total. The van der Waals surface area contributed by atoms with Gasteiger partial charge in [-0.15, -0.1) is 0 Å². The number of alkyl halides is 3. The third-order valence-corrected chi connectivity index (χ3v) is 4.60. The van der Waals surface area contributed by atoms with Gasteiger partial charge in [-0.2, -0.15) is 13.2 Å². The molecule has 4 rings (SSSR count). The van der Waals surface area contributed by atoms with Gasteiger partial charge in [0.05, 0.1) is 23.4 Å². The monoisotopic (exact) mass is 447 g/mol. The Hall–Kier alpha value is -3.46. The Bertz CT molecular complexity index is 1240. The molecule has 0 bridgehead atoms. The van der Waals surface area contributed by atoms with Gasteiger partial charge < -0.3 is 9.88 Å². The summed E-state index contributed by atoms with van der Waals surface area (Å²) in [4.78, 5) is 11.7. The highest BCUT2D eigenvalue weighted by Gasteiger charge is 2.34. The number of hydrogen-bond donors (Lipinski definition) is 1. The summed E-state index contributed by atoms with van der Waals surface area (Å²) in [5.74, 6) is -0.905. The van der Waals surface area contributed by atoms with E-state index < -0.39 is 17.7 Å². The lowest BCUT2D eigenvalue weighted by molar-refractivity contribution is -0.141. The lowest BCUT2D eigenvalue weighted by Gasteiger charge is -2.13. The van der Waals surface area contributed by atoms with Gasteiger partial charge in [-0.1, -0.05) is 23.7 Å². The molecule has 31 heavy (non-hydrogen) atoms. The van der Waals surface area contributed by atoms with Crippen LogP contribution in [0.4, 0.5) is 29.2 Å². The van der Waals surface area contributed by atoms with Gasteiger partial charge >= 0.3 is 6.18 Å². The fraction of sp³-hybridized carbons (Fsp3) is 0.0952. The summed E-state index contributed by atoms with van der Waals surface area (Å²) in [5.41, 5.74) is 0.511. The van der Waals surface area contributed by atoms with E-state index in [4.69, 9.17) is 11.6 Å². The zero-order valence-electron chi connectivity index (χ0n) is 16.0. The van der Waals surface area contributed by atoms with Crippen LogP contribution in [-0.4, -0.2) is 19.5 Å². The molecule has 2 aromatic carbocycles. The SMILES string of the molecule is Cc1cn(-c2ccc(Nc3nc(-c4ccc(Cl)cc4)cc(C(F)(F)F)n3)cc2F)cn1. The fourth-order valence-electron chi connectivity index (χ4n) is 2.89. The number of halogens is 5. The number of hydrogen-bond acceptors (Lipinski definition) is 4. The first kappa shape index (κ1) is 20.8. The first-order valence-electron chi connectivity index (χ1n) is 8.99. The molecule has 0 spiro atoms. The van der Waals surface area contributed by atoms with Crippen molar-refractivity contribution < 1.29 is 17.6 Å². The Morgan fingerprint density at radius 3 is 2.35 bits per heavy atom. The minimum absolute atomic E-state index is 0.0486. The summed E-state index contributed by atoms with van der Waals surface area (Å²) in [6.45, 7) is 1.77. The Balaban J connectivity index is 1.69. The molecule has 0 saturated carbocycles. The Morgan fingerprint density at radius 1 is 1.00 bits per heavy atom. The second-order valence-electron chi connectivity index (χ2n) is 6.68. The molecule has 0 aliphatic heterocycles. The van der Waals surface area contributed by atoms with Crippen LogP contribution < -0.4 is 5.32 Å². The predicted molar refractivity (Wildman–Crippen MR) is 109 cm³/mol. The summed E-state index contributed by atoms with van der Waals surface area (Å²) in [6, 6.07) is 11.2. The molecule has 0 unspecified atom stereocenters. The summed E-state index contributed by atoms with van der Waals surface area (Å²) < 4.78 is 56.2. The maximum absolute atomic E-state index is 14.6. The van der Waals surface area contributed by atoms with E-state index >= 15 is 0 Å². The first-order valence-corrected chi connectivity index (χ1v) is 9.36. The van der Waals surface area contributed by atoms with E-state index in [0.717, 1.165) is 12.1 Å². The maximum Gasteiger partial charge on any atom is 0.433 e. The van der Waals surface area contributed by atoms with Crippen LogP contribution in [0.3, 0.4) is 0 Å². The topological polar surface area (TPSA) is 55.6 Å². The Labute approximate surface area is 179 Å². The van der Waals surface area contributed by atoms with E-state index in [0.29, 0.717) is 16.3 Å². The van der Waals surface area contributed by atoms with E-state index in [-0.39, 0.29) is 23.0 Å². The average molecular weight is 448 g/mol. The highest BCUT2D eigenvalue weighted by Crippen LogP contribution is 2.32. The van der Waals surface area contributed by atoms with Crippen molar-refractivity contribution in [3.05, 3.63) is 83.3 Å². The number of benzene rings is 2. The number of aryl methyl sites for hydroxylation is 1. The molecule has 2 heterocycles. The molecule has 0 fully saturated rings. The number of imidazole rings is 1. The molecular weight excluding hydrogens is 434 g/mol. The van der Waals surface area contributed by atoms with Crippen LogP contribution >= 0.6 is 11.6 Å². The van der Waals surface area contributed by atoms with Gasteiger partial charge in [-0.3, -0.25) is 0 Å². The van der Waals surface area contributed by atoms with E-state index in [1.165, 1.54) is 23.0 Å². The van der Waals surface area contributed by atoms with Crippen molar-refractivity contribution in [2.75, 3.05) is 5.32 Å². The molecule has 0 atom stereocenters. The normalized spacial score (nSPS) is 11.5. The van der Waals surface area contributed by atoms with Gasteiger partial charge in [0.2, 0.25) is 5.95 Å². The quantitative estimate of drug-likeness (QED) is 0.379. The molecule has 0 aliphatic rings. The highest BCUT2D eigenvalue weighted by molar-refractivity contribution is 6.30. The third-order valence-electron chi connectivity index (χ3n) is 4.35. The number of nitrogens with one attached hydrogen (secondary N) is 1. The molecule has 10 heteroatoms. The second-order valence-corrected chi connectivity index (χ2v) is 7.12. The zero-order valence-corrected chi connectivity index (χ0v) is 16.7. The van der Waals surface area contributed by atoms with Crippen LogP contribution in [0.2, 0.25) is 5.02 Å². The van der Waals surface area contributed by atoms with Crippen LogP contribution in [0, 0.1) is 12.7 Å². The second kappa shape index (κ2) is 7.99. The van der Waals surface area contributed by atoms with Crippen LogP contribution in [0.25, 0.3) is 16.9 Å². The largest absolute Gasteiger partial charge is 0.433 e. The summed E-state index contributed by atoms with van der Waals surface area (Å²) >= 11 is 5.85. The number of aromatic nitrogens is 4. The van der Waals surface area contributed by atoms with Gasteiger partial charge in [0.1, 0.15) is 5.82 Å². The average Bonchev–Trinajstić information content (AvgIpc) is 3.14. The standard InChI is InChI=1S/C21H14ClF4N5/c1-12-10-31(11-27-12)18-7-6-15(8-16(18)23)28-20-29-17(9-19(30-20)21(24,25)26)13-2-4-14(22)5-3-13/h2-11H,1H3,(H,28,29,30). The number of anilines is 2. The molecule has 0 saturated heterocycles. The van der Waals surface area contributed by atoms with Gasteiger partial charge in [-0.25, -0.2) is 19.3 Å². The molecule has 4 aromatic rings. The number of nitrogens with zero attached hydrogens (tertiary/aromatic N) is 4. The molecule has 2 aromatic heterocycles. The molecular formula is C21H14ClF4N5. The van der Waals surface area contributed by atoms with Crippen LogP contribution in [0.15, 0.2) is 61.1 Å². The number of rotatable bonds is 4. The van der Waals surface area contributed by atoms with Crippen LogP contribution in [0.5, 0.6) is 0 Å². The predicted octanol–water partition coefficient (Wildman–Crippen LogP) is 6.19. The van der Waals surface area contributed by atoms with Crippen LogP contribution in [0.1, 0.15) is 11.4 Å². The lowest BCUT2D eigenvalue weighted by atomic mass is 10.1. The lowest BCUT2D eigenvalue weighted by Crippen LogP contribution is -2.11. The Kier molecular flexibility index (Phi) is 5.36. The van der Waals surface area contributed by atoms with E-state index in [1.54, 1.807) is 37.4 Å². The van der Waals surface area contributed by atoms with E-state index in [9.17, 15) is 17.6 Å². The smallest absolute Gasteiger partial charge is 0.324 e. The van der Waals surface area contributed by atoms with Gasteiger partial charge in [0, 0.05) is 22.5 Å². The first-order chi connectivity index (χ1) is 14.7. The van der Waals surface area contributed by atoms with Crippen molar-refractivity contribution in [1.82, 2.24) is 19.5 Å². The van der Waals surface area contributed by atoms with E-state index in [2.05, 4.69) is 20.3 Å². The molecule has 0 amide bonds. The van der Waals surface area contributed by atoms with Gasteiger partial charge in [-0.05, 0) is 43.3 Å². The molecule has 1 N–H and O–H groups in total. The van der Waals surface area contributed by atoms with Crippen molar-refractivity contribution in [3.8, 4) is 16.9 Å². The fourth-order valence-corrected chi connectivity index (χ4v) is 3.02. The minimum Gasteiger partial charge on any atom is -0.324 e. The molecule has 0 radical (unpaired) electrons. The van der Waals surface area contributed by atoms with Crippen molar-refractivity contribution in [1.29, 1.82) is 0 Å². The van der Waals surface area contributed by atoms with Crippen molar-refractivity contribution in [3.63, 3.8) is 0 Å². The van der Waals surface area contributed by atoms with Crippen LogP contribution in [-0.2, 0) is 6.18 Å². The summed E-state index contributed by atoms with van der Waals surface area (Å²) in [6.07, 6.45) is -1.57. The minimum atomic E-state index is -4.69. The molecule has 158 valence electrons. The van der Waals surface area contributed by atoms with Crippen molar-refractivity contribution in [2.45, 2.75) is 13.1 Å². The summed E-state index contributed by atoms with van der Waals surface area (Å²) in [5, 5.41) is 3.09. The third kappa shape index (κ3) is 4.66. The zero-order chi connectivity index (χ0) is 22.2. The van der Waals surface area contributed by atoms with E-state index in [1.807, 2.05) is 0 Å². The van der Waals surface area contributed by atoms with Crippen molar-refractivity contribution >= 4 is 23.2 Å². The maximum atomic E-state index is 14.6.